The van der Waals surface area contributed by atoms with Crippen molar-refractivity contribution in [3.05, 3.63) is 47.2 Å². The van der Waals surface area contributed by atoms with E-state index in [-0.39, 0.29) is 11.1 Å². The molecule has 0 amide bonds. The van der Waals surface area contributed by atoms with E-state index in [1.54, 1.807) is 11.0 Å². The molecular formula is C19H26N3O7PS. The van der Waals surface area contributed by atoms with Crippen molar-refractivity contribution in [2.24, 2.45) is 0 Å². The Morgan fingerprint density at radius 2 is 1.52 bits per heavy atom. The molecule has 0 spiro atoms. The van der Waals surface area contributed by atoms with Crippen molar-refractivity contribution in [2.75, 3.05) is 32.2 Å². The zero-order chi connectivity index (χ0) is 23.6. The van der Waals surface area contributed by atoms with Crippen molar-refractivity contribution in [1.82, 2.24) is 9.97 Å². The highest BCUT2D eigenvalue weighted by Crippen LogP contribution is 2.49. The smallest absolute Gasteiger partial charge is 0.381 e. The number of carboxylic acids is 2. The summed E-state index contributed by atoms with van der Waals surface area (Å²) >= 11 is 5.30. The summed E-state index contributed by atoms with van der Waals surface area (Å²) in [6.07, 6.45) is 0. The maximum Gasteiger partial charge on any atom is 0.381 e. The summed E-state index contributed by atoms with van der Waals surface area (Å²) in [5.74, 6) is -1.52. The molecule has 12 heteroatoms. The van der Waals surface area contributed by atoms with E-state index in [1.165, 1.54) is 24.3 Å². The lowest BCUT2D eigenvalue weighted by atomic mass is 10.1. The van der Waals surface area contributed by atoms with E-state index in [1.807, 2.05) is 34.9 Å². The largest absolute Gasteiger partial charge is 0.478 e. The summed E-state index contributed by atoms with van der Waals surface area (Å²) in [5, 5.41) is 17.1. The molecule has 0 unspecified atom stereocenters. The van der Waals surface area contributed by atoms with Gasteiger partial charge in [-0.25, -0.2) is 14.6 Å². The third-order valence-corrected chi connectivity index (χ3v) is 5.80. The second kappa shape index (κ2) is 12.3. The molecule has 0 radical (unpaired) electrons. The molecular weight excluding hydrogens is 445 g/mol. The first kappa shape index (κ1) is 26.4. The van der Waals surface area contributed by atoms with Crippen molar-refractivity contribution >= 4 is 36.4 Å². The third kappa shape index (κ3) is 8.58. The molecule has 0 saturated heterocycles. The number of hydrogen-bond donors (Lipinski definition) is 2. The number of anilines is 1. The predicted molar refractivity (Wildman–Crippen MR) is 120 cm³/mol. The molecule has 0 aliphatic carbocycles. The number of aromatic nitrogens is 2. The van der Waals surface area contributed by atoms with Crippen LogP contribution in [-0.4, -0.2) is 59.4 Å². The van der Waals surface area contributed by atoms with Crippen LogP contribution >= 0.6 is 6.72 Å². The Kier molecular flexibility index (Phi) is 10.5. The summed E-state index contributed by atoms with van der Waals surface area (Å²) in [6.45, 7) is 3.64. The number of carbonyl (C=O) groups is 2. The molecule has 2 N–H and O–H groups in total. The molecule has 1 heterocycles. The fraction of sp³-hybridized carbons (Fsp3) is 0.368. The summed E-state index contributed by atoms with van der Waals surface area (Å²) in [7, 11) is 3.72. The van der Waals surface area contributed by atoms with Crippen molar-refractivity contribution in [1.29, 1.82) is 0 Å². The Bertz CT molecular complexity index is 913. The topological polar surface area (TPSA) is 131 Å². The van der Waals surface area contributed by atoms with Crippen molar-refractivity contribution in [3.8, 4) is 5.88 Å². The van der Waals surface area contributed by atoms with Gasteiger partial charge in [0.15, 0.2) is 0 Å². The van der Waals surface area contributed by atoms with Crippen LogP contribution in [-0.2, 0) is 20.9 Å². The van der Waals surface area contributed by atoms with Gasteiger partial charge in [-0.3, -0.25) is 9.05 Å². The summed E-state index contributed by atoms with van der Waals surface area (Å²) < 4.78 is 16.5. The second-order valence-corrected chi connectivity index (χ2v) is 9.01. The molecule has 0 saturated carbocycles. The SMILES string of the molecule is CCOP(=S)(OCC)Oc1cc(C)nc(N(C)C)n1.O=C(O)c1ccccc1C(=O)O. The van der Waals surface area contributed by atoms with Gasteiger partial charge in [-0.1, -0.05) is 12.1 Å². The molecule has 31 heavy (non-hydrogen) atoms. The van der Waals surface area contributed by atoms with Gasteiger partial charge in [0.25, 0.3) is 0 Å². The zero-order valence-corrected chi connectivity index (χ0v) is 19.6. The summed E-state index contributed by atoms with van der Waals surface area (Å²) in [6, 6.07) is 7.19. The first-order valence-electron chi connectivity index (χ1n) is 9.20. The minimum Gasteiger partial charge on any atom is -0.478 e. The van der Waals surface area contributed by atoms with Crippen LogP contribution in [0.3, 0.4) is 0 Å². The first-order chi connectivity index (χ1) is 14.5. The number of hydrogen-bond acceptors (Lipinski definition) is 9. The molecule has 1 aromatic heterocycles. The van der Waals surface area contributed by atoms with E-state index in [0.717, 1.165) is 5.69 Å². The maximum atomic E-state index is 10.5. The quantitative estimate of drug-likeness (QED) is 0.520. The molecule has 1 aromatic carbocycles. The van der Waals surface area contributed by atoms with Gasteiger partial charge in [0.1, 0.15) is 0 Å². The van der Waals surface area contributed by atoms with Gasteiger partial charge in [-0.05, 0) is 32.9 Å². The van der Waals surface area contributed by atoms with Gasteiger partial charge in [0.05, 0.1) is 24.3 Å². The fourth-order valence-electron chi connectivity index (χ4n) is 2.15. The zero-order valence-electron chi connectivity index (χ0n) is 17.9. The molecule has 10 nitrogen and oxygen atoms in total. The third-order valence-electron chi connectivity index (χ3n) is 3.39. The lowest BCUT2D eigenvalue weighted by Crippen LogP contribution is -2.14. The summed E-state index contributed by atoms with van der Waals surface area (Å²) in [5.41, 5.74) is 0.415. The number of rotatable bonds is 9. The van der Waals surface area contributed by atoms with E-state index >= 15 is 0 Å². The van der Waals surface area contributed by atoms with Crippen LogP contribution in [0, 0.1) is 6.92 Å². The summed E-state index contributed by atoms with van der Waals surface area (Å²) in [4.78, 5) is 31.3. The second-order valence-electron chi connectivity index (χ2n) is 6.07. The molecule has 0 aliphatic heterocycles. The van der Waals surface area contributed by atoms with Gasteiger partial charge in [-0.2, -0.15) is 4.98 Å². The van der Waals surface area contributed by atoms with E-state index in [9.17, 15) is 9.59 Å². The lowest BCUT2D eigenvalue weighted by Gasteiger charge is -2.21. The number of nitrogens with zero attached hydrogens (tertiary/aromatic N) is 3. The Morgan fingerprint density at radius 1 is 1.03 bits per heavy atom. The average Bonchev–Trinajstić information content (AvgIpc) is 2.68. The van der Waals surface area contributed by atoms with Crippen LogP contribution in [0.4, 0.5) is 5.95 Å². The highest BCUT2D eigenvalue weighted by molar-refractivity contribution is 8.07. The van der Waals surface area contributed by atoms with E-state index in [4.69, 9.17) is 35.6 Å². The highest BCUT2D eigenvalue weighted by Gasteiger charge is 2.22. The highest BCUT2D eigenvalue weighted by atomic mass is 32.5. The van der Waals surface area contributed by atoms with Crippen LogP contribution in [0.1, 0.15) is 40.3 Å². The van der Waals surface area contributed by atoms with Gasteiger partial charge in [0, 0.05) is 37.7 Å². The number of benzene rings is 1. The average molecular weight is 471 g/mol. The van der Waals surface area contributed by atoms with Gasteiger partial charge in [-0.15, -0.1) is 0 Å². The molecule has 0 aliphatic rings. The van der Waals surface area contributed by atoms with Crippen LogP contribution in [0.15, 0.2) is 30.3 Å². The van der Waals surface area contributed by atoms with Gasteiger partial charge in [0.2, 0.25) is 11.8 Å². The Balaban J connectivity index is 0.000000343. The molecule has 0 fully saturated rings. The number of aromatic carboxylic acids is 2. The van der Waals surface area contributed by atoms with E-state index in [2.05, 4.69) is 9.97 Å². The Morgan fingerprint density at radius 3 is 1.90 bits per heavy atom. The molecule has 170 valence electrons. The molecule has 0 bridgehead atoms. The van der Waals surface area contributed by atoms with Gasteiger partial charge >= 0.3 is 18.7 Å². The van der Waals surface area contributed by atoms with Crippen molar-refractivity contribution < 1.29 is 33.4 Å². The van der Waals surface area contributed by atoms with Crippen LogP contribution < -0.4 is 9.42 Å². The molecule has 2 rings (SSSR count). The Labute approximate surface area is 186 Å². The van der Waals surface area contributed by atoms with E-state index in [0.29, 0.717) is 25.0 Å². The van der Waals surface area contributed by atoms with Gasteiger partial charge < -0.3 is 19.6 Å². The minimum absolute atomic E-state index is 0.190. The van der Waals surface area contributed by atoms with E-state index < -0.39 is 18.7 Å². The predicted octanol–water partition coefficient (Wildman–Crippen LogP) is 3.61. The molecule has 0 atom stereocenters. The van der Waals surface area contributed by atoms with Crippen molar-refractivity contribution in [2.45, 2.75) is 20.8 Å². The van der Waals surface area contributed by atoms with Crippen molar-refractivity contribution in [3.63, 3.8) is 0 Å². The monoisotopic (exact) mass is 471 g/mol. The Hall–Kier alpha value is -2.59. The maximum absolute atomic E-state index is 10.5. The fourth-order valence-corrected chi connectivity index (χ4v) is 4.14. The first-order valence-corrected chi connectivity index (χ1v) is 11.8. The van der Waals surface area contributed by atoms with Crippen LogP contribution in [0.5, 0.6) is 5.88 Å². The van der Waals surface area contributed by atoms with Crippen LogP contribution in [0.25, 0.3) is 0 Å². The minimum atomic E-state index is -2.79. The number of aryl methyl sites for hydroxylation is 1. The van der Waals surface area contributed by atoms with Crippen LogP contribution in [0.2, 0.25) is 0 Å². The normalized spacial score (nSPS) is 10.6. The molecule has 2 aromatic rings. The lowest BCUT2D eigenvalue weighted by molar-refractivity contribution is 0.0651. The number of carboxylic acid groups (broad SMARTS) is 2. The standard InChI is InChI=1S/C11H20N3O3PS.C8H6O4/c1-6-15-18(19,16-7-2)17-10-8-9(3)12-11(13-10)14(4)5;9-7(10)5-3-1-2-4-6(5)8(11)12/h8H,6-7H2,1-5H3;1-4H,(H,9,10)(H,11,12).